The van der Waals surface area contributed by atoms with Gasteiger partial charge in [0.25, 0.3) is 0 Å². The normalized spacial score (nSPS) is 10.6. The Morgan fingerprint density at radius 3 is 2.03 bits per heavy atom. The highest BCUT2D eigenvalue weighted by Crippen LogP contribution is 2.23. The Bertz CT molecular complexity index is 1000. The molecule has 0 saturated heterocycles. The van der Waals surface area contributed by atoms with Crippen molar-refractivity contribution in [2.24, 2.45) is 0 Å². The fourth-order valence-corrected chi connectivity index (χ4v) is 3.78. The van der Waals surface area contributed by atoms with Gasteiger partial charge in [0.15, 0.2) is 0 Å². The molecule has 0 spiro atoms. The number of aryl methyl sites for hydroxylation is 1. The lowest BCUT2D eigenvalue weighted by Gasteiger charge is -2.08. The molecule has 3 heteroatoms. The highest BCUT2D eigenvalue weighted by molar-refractivity contribution is 5.91. The Hall–Kier alpha value is -3.33. The first-order valence-electron chi connectivity index (χ1n) is 12.4. The van der Waals surface area contributed by atoms with Gasteiger partial charge in [-0.25, -0.2) is 4.79 Å². The first-order valence-corrected chi connectivity index (χ1v) is 12.4. The van der Waals surface area contributed by atoms with Crippen LogP contribution in [-0.4, -0.2) is 12.6 Å². The van der Waals surface area contributed by atoms with Crippen LogP contribution in [0.1, 0.15) is 67.8 Å². The van der Waals surface area contributed by atoms with Crippen LogP contribution >= 0.6 is 0 Å². The fraction of sp³-hybridized carbons (Fsp3) is 0.323. The average Bonchev–Trinajstić information content (AvgIpc) is 2.88. The Morgan fingerprint density at radius 2 is 1.38 bits per heavy atom. The van der Waals surface area contributed by atoms with E-state index >= 15 is 0 Å². The zero-order chi connectivity index (χ0) is 24.0. The van der Waals surface area contributed by atoms with Crippen LogP contribution < -0.4 is 9.47 Å². The first-order chi connectivity index (χ1) is 16.7. The molecular formula is C31H36O3. The molecule has 0 saturated carbocycles. The lowest BCUT2D eigenvalue weighted by Crippen LogP contribution is -2.08. The minimum absolute atomic E-state index is 0.371. The number of hydrogen-bond acceptors (Lipinski definition) is 3. The molecule has 3 aromatic carbocycles. The second-order valence-electron chi connectivity index (χ2n) is 8.58. The van der Waals surface area contributed by atoms with E-state index in [-0.39, 0.29) is 5.97 Å². The molecular weight excluding hydrogens is 420 g/mol. The topological polar surface area (TPSA) is 35.5 Å². The molecule has 3 aromatic rings. The molecule has 3 nitrogen and oxygen atoms in total. The van der Waals surface area contributed by atoms with E-state index in [4.69, 9.17) is 9.47 Å². The molecule has 0 atom stereocenters. The number of hydrogen-bond donors (Lipinski definition) is 0. The molecule has 0 heterocycles. The predicted molar refractivity (Wildman–Crippen MR) is 141 cm³/mol. The van der Waals surface area contributed by atoms with E-state index in [9.17, 15) is 4.79 Å². The summed E-state index contributed by atoms with van der Waals surface area (Å²) in [4.78, 5) is 12.5. The molecule has 0 unspecified atom stereocenters. The van der Waals surface area contributed by atoms with Crippen molar-refractivity contribution in [1.29, 1.82) is 0 Å². The Balaban J connectivity index is 1.49. The molecule has 0 aliphatic carbocycles. The van der Waals surface area contributed by atoms with E-state index in [2.05, 4.69) is 37.8 Å². The smallest absolute Gasteiger partial charge is 0.343 e. The van der Waals surface area contributed by atoms with Crippen molar-refractivity contribution in [3.63, 3.8) is 0 Å². The van der Waals surface area contributed by atoms with Gasteiger partial charge in [0.05, 0.1) is 12.2 Å². The lowest BCUT2D eigenvalue weighted by atomic mass is 10.00. The predicted octanol–water partition coefficient (Wildman–Crippen LogP) is 8.43. The minimum atomic E-state index is -0.371. The number of esters is 1. The molecule has 0 amide bonds. The van der Waals surface area contributed by atoms with Gasteiger partial charge in [-0.15, -0.1) is 6.58 Å². The zero-order valence-electron chi connectivity index (χ0n) is 20.3. The molecule has 34 heavy (non-hydrogen) atoms. The van der Waals surface area contributed by atoms with Crippen molar-refractivity contribution >= 4 is 5.97 Å². The van der Waals surface area contributed by atoms with Gasteiger partial charge in [0, 0.05) is 0 Å². The second kappa shape index (κ2) is 14.0. The third kappa shape index (κ3) is 8.22. The largest absolute Gasteiger partial charge is 0.494 e. The maximum Gasteiger partial charge on any atom is 0.343 e. The highest BCUT2D eigenvalue weighted by atomic mass is 16.5. The number of rotatable bonds is 14. The second-order valence-corrected chi connectivity index (χ2v) is 8.58. The van der Waals surface area contributed by atoms with E-state index in [0.717, 1.165) is 36.1 Å². The van der Waals surface area contributed by atoms with E-state index in [1.807, 2.05) is 42.5 Å². The molecule has 0 radical (unpaired) electrons. The van der Waals surface area contributed by atoms with Gasteiger partial charge >= 0.3 is 5.97 Å². The highest BCUT2D eigenvalue weighted by Gasteiger charge is 2.09. The maximum atomic E-state index is 12.5. The SMILES string of the molecule is C=CCCCOc1ccc(OC(=O)c2ccc(-c3ccc(CCCCCCC)cc3)cc2)cc1. The van der Waals surface area contributed by atoms with Crippen LogP contribution in [-0.2, 0) is 6.42 Å². The van der Waals surface area contributed by atoms with Crippen LogP contribution in [0.4, 0.5) is 0 Å². The maximum absolute atomic E-state index is 12.5. The molecule has 0 aliphatic heterocycles. The summed E-state index contributed by atoms with van der Waals surface area (Å²) in [5.74, 6) is 0.887. The van der Waals surface area contributed by atoms with Crippen LogP contribution in [0.5, 0.6) is 11.5 Å². The summed E-state index contributed by atoms with van der Waals surface area (Å²) in [6, 6.07) is 23.4. The van der Waals surface area contributed by atoms with Crippen molar-refractivity contribution in [3.05, 3.63) is 96.6 Å². The Kier molecular flexibility index (Phi) is 10.4. The third-order valence-corrected chi connectivity index (χ3v) is 5.83. The van der Waals surface area contributed by atoms with Gasteiger partial charge in [-0.3, -0.25) is 0 Å². The number of carbonyl (C=O) groups excluding carboxylic acids is 1. The van der Waals surface area contributed by atoms with Gasteiger partial charge in [0.1, 0.15) is 11.5 Å². The van der Waals surface area contributed by atoms with E-state index in [1.54, 1.807) is 12.1 Å². The molecule has 0 aliphatic rings. The van der Waals surface area contributed by atoms with Crippen LogP contribution in [0.3, 0.4) is 0 Å². The number of allylic oxidation sites excluding steroid dienone is 1. The van der Waals surface area contributed by atoms with Gasteiger partial charge < -0.3 is 9.47 Å². The molecule has 0 fully saturated rings. The van der Waals surface area contributed by atoms with Crippen LogP contribution in [0.2, 0.25) is 0 Å². The van der Waals surface area contributed by atoms with E-state index in [0.29, 0.717) is 17.9 Å². The summed E-state index contributed by atoms with van der Waals surface area (Å²) in [5, 5.41) is 0. The van der Waals surface area contributed by atoms with Crippen LogP contribution in [0.15, 0.2) is 85.5 Å². The molecule has 0 bridgehead atoms. The van der Waals surface area contributed by atoms with Crippen LogP contribution in [0, 0.1) is 0 Å². The van der Waals surface area contributed by atoms with Crippen molar-refractivity contribution in [2.45, 2.75) is 58.3 Å². The van der Waals surface area contributed by atoms with Crippen molar-refractivity contribution in [3.8, 4) is 22.6 Å². The van der Waals surface area contributed by atoms with Gasteiger partial charge in [0.2, 0.25) is 0 Å². The van der Waals surface area contributed by atoms with E-state index in [1.165, 1.54) is 37.7 Å². The Morgan fingerprint density at radius 1 is 0.765 bits per heavy atom. The monoisotopic (exact) mass is 456 g/mol. The quantitative estimate of drug-likeness (QED) is 0.106. The third-order valence-electron chi connectivity index (χ3n) is 5.83. The van der Waals surface area contributed by atoms with Gasteiger partial charge in [-0.05, 0) is 78.8 Å². The van der Waals surface area contributed by atoms with Gasteiger partial charge in [-0.2, -0.15) is 0 Å². The van der Waals surface area contributed by atoms with E-state index < -0.39 is 0 Å². The number of ether oxygens (including phenoxy) is 2. The van der Waals surface area contributed by atoms with Crippen molar-refractivity contribution in [2.75, 3.05) is 6.61 Å². The molecule has 0 aromatic heterocycles. The minimum Gasteiger partial charge on any atom is -0.494 e. The van der Waals surface area contributed by atoms with Crippen LogP contribution in [0.25, 0.3) is 11.1 Å². The standard InChI is InChI=1S/C31H36O3/c1-3-5-7-8-9-11-25-12-14-26(15-13-25)27-16-18-28(19-17-27)31(32)34-30-22-20-29(21-23-30)33-24-10-6-4-2/h4,12-23H,2-3,5-11,24H2,1H3. The lowest BCUT2D eigenvalue weighted by molar-refractivity contribution is 0.0734. The van der Waals surface area contributed by atoms with Gasteiger partial charge in [-0.1, -0.05) is 75.1 Å². The number of unbranched alkanes of at least 4 members (excludes halogenated alkanes) is 5. The molecule has 3 rings (SSSR count). The molecule has 0 N–H and O–H groups in total. The summed E-state index contributed by atoms with van der Waals surface area (Å²) < 4.78 is 11.2. The summed E-state index contributed by atoms with van der Waals surface area (Å²) >= 11 is 0. The zero-order valence-corrected chi connectivity index (χ0v) is 20.3. The molecule has 178 valence electrons. The fourth-order valence-electron chi connectivity index (χ4n) is 3.78. The first kappa shape index (κ1) is 25.3. The summed E-state index contributed by atoms with van der Waals surface area (Å²) in [7, 11) is 0. The number of carbonyl (C=O) groups is 1. The van der Waals surface area contributed by atoms with Crippen molar-refractivity contribution in [1.82, 2.24) is 0 Å². The number of benzene rings is 3. The average molecular weight is 457 g/mol. The summed E-state index contributed by atoms with van der Waals surface area (Å²) in [5.41, 5.74) is 4.15. The Labute approximate surface area is 204 Å². The van der Waals surface area contributed by atoms with Crippen molar-refractivity contribution < 1.29 is 14.3 Å². The summed E-state index contributed by atoms with van der Waals surface area (Å²) in [6.07, 6.45) is 11.4. The summed E-state index contributed by atoms with van der Waals surface area (Å²) in [6.45, 7) is 6.59.